The third-order valence-electron chi connectivity index (χ3n) is 4.57. The Labute approximate surface area is 131 Å². The third-order valence-corrected chi connectivity index (χ3v) is 4.57. The van der Waals surface area contributed by atoms with Crippen molar-refractivity contribution in [2.75, 3.05) is 20.2 Å². The predicted octanol–water partition coefficient (Wildman–Crippen LogP) is 2.40. The molecule has 1 aromatic carbocycles. The Bertz CT molecular complexity index is 588. The first-order chi connectivity index (χ1) is 10.6. The van der Waals surface area contributed by atoms with Crippen LogP contribution in [0.25, 0.3) is 6.08 Å². The minimum absolute atomic E-state index is 0.0722. The van der Waals surface area contributed by atoms with Gasteiger partial charge >= 0.3 is 0 Å². The molecule has 0 bridgehead atoms. The fourth-order valence-corrected chi connectivity index (χ4v) is 3.32. The Morgan fingerprint density at radius 1 is 1.41 bits per heavy atom. The van der Waals surface area contributed by atoms with Gasteiger partial charge in [-0.1, -0.05) is 18.9 Å². The van der Waals surface area contributed by atoms with Crippen LogP contribution in [0, 0.1) is 0 Å². The molecule has 1 amide bonds. The molecular formula is C18H23NO3. The van der Waals surface area contributed by atoms with Crippen molar-refractivity contribution in [2.24, 2.45) is 0 Å². The number of benzene rings is 1. The monoisotopic (exact) mass is 301 g/mol. The Kier molecular flexibility index (Phi) is 4.21. The topological polar surface area (TPSA) is 49.8 Å². The summed E-state index contributed by atoms with van der Waals surface area (Å²) in [5.41, 5.74) is 1.51. The van der Waals surface area contributed by atoms with E-state index in [1.807, 2.05) is 18.2 Å². The van der Waals surface area contributed by atoms with E-state index in [0.717, 1.165) is 50.0 Å². The number of fused-ring (bicyclic) bond motifs is 1. The van der Waals surface area contributed by atoms with E-state index in [1.165, 1.54) is 5.56 Å². The number of aliphatic hydroxyl groups is 1. The average molecular weight is 301 g/mol. The van der Waals surface area contributed by atoms with Crippen LogP contribution >= 0.6 is 0 Å². The lowest BCUT2D eigenvalue weighted by molar-refractivity contribution is -0.127. The van der Waals surface area contributed by atoms with Crippen molar-refractivity contribution >= 4 is 12.0 Å². The first kappa shape index (κ1) is 15.1. The van der Waals surface area contributed by atoms with Crippen LogP contribution in [0.1, 0.15) is 36.8 Å². The van der Waals surface area contributed by atoms with Gasteiger partial charge in [0.1, 0.15) is 5.75 Å². The van der Waals surface area contributed by atoms with Crippen molar-refractivity contribution < 1.29 is 14.6 Å². The summed E-state index contributed by atoms with van der Waals surface area (Å²) in [6, 6.07) is 5.98. The van der Waals surface area contributed by atoms with Crippen molar-refractivity contribution in [1.29, 1.82) is 0 Å². The molecule has 1 aromatic rings. The van der Waals surface area contributed by atoms with Crippen LogP contribution in [0.4, 0.5) is 0 Å². The summed E-state index contributed by atoms with van der Waals surface area (Å²) in [6.07, 6.45) is 8.01. The number of nitrogens with zero attached hydrogens (tertiary/aromatic N) is 1. The highest BCUT2D eigenvalue weighted by atomic mass is 16.5. The zero-order chi connectivity index (χ0) is 15.6. The zero-order valence-corrected chi connectivity index (χ0v) is 13.0. The lowest BCUT2D eigenvalue weighted by atomic mass is 10.0. The van der Waals surface area contributed by atoms with Crippen LogP contribution in [0.2, 0.25) is 0 Å². The first-order valence-corrected chi connectivity index (χ1v) is 7.97. The summed E-state index contributed by atoms with van der Waals surface area (Å²) in [5.74, 6) is 0.876. The third kappa shape index (κ3) is 3.33. The SMILES string of the molecule is CN(CC1(O)CCCC1)C(=O)/C=C/c1ccc2c(c1)CCO2. The maximum absolute atomic E-state index is 12.2. The van der Waals surface area contributed by atoms with Crippen LogP contribution in [0.5, 0.6) is 5.75 Å². The number of ether oxygens (including phenoxy) is 1. The molecule has 4 nitrogen and oxygen atoms in total. The second kappa shape index (κ2) is 6.13. The molecule has 1 heterocycles. The number of amides is 1. The molecule has 1 fully saturated rings. The summed E-state index contributed by atoms with van der Waals surface area (Å²) in [6.45, 7) is 1.15. The summed E-state index contributed by atoms with van der Waals surface area (Å²) in [4.78, 5) is 13.8. The van der Waals surface area contributed by atoms with E-state index < -0.39 is 5.60 Å². The molecule has 118 valence electrons. The first-order valence-electron chi connectivity index (χ1n) is 7.97. The molecule has 1 N–H and O–H groups in total. The highest BCUT2D eigenvalue weighted by Crippen LogP contribution is 2.30. The number of carbonyl (C=O) groups excluding carboxylic acids is 1. The summed E-state index contributed by atoms with van der Waals surface area (Å²) >= 11 is 0. The molecule has 1 saturated carbocycles. The lowest BCUT2D eigenvalue weighted by Crippen LogP contribution is -2.41. The van der Waals surface area contributed by atoms with E-state index in [1.54, 1.807) is 18.0 Å². The van der Waals surface area contributed by atoms with Crippen LogP contribution in [0.15, 0.2) is 24.3 Å². The highest BCUT2D eigenvalue weighted by Gasteiger charge is 2.32. The molecule has 4 heteroatoms. The summed E-state index contributed by atoms with van der Waals surface area (Å²) in [7, 11) is 1.75. The molecule has 0 atom stereocenters. The van der Waals surface area contributed by atoms with E-state index in [4.69, 9.17) is 4.74 Å². The maximum Gasteiger partial charge on any atom is 0.246 e. The maximum atomic E-state index is 12.2. The lowest BCUT2D eigenvalue weighted by Gasteiger charge is -2.27. The van der Waals surface area contributed by atoms with Gasteiger partial charge in [-0.25, -0.2) is 0 Å². The molecule has 1 aliphatic carbocycles. The molecule has 1 aliphatic heterocycles. The van der Waals surface area contributed by atoms with Crippen molar-refractivity contribution in [3.63, 3.8) is 0 Å². The van der Waals surface area contributed by atoms with E-state index in [-0.39, 0.29) is 5.91 Å². The Morgan fingerprint density at radius 3 is 2.95 bits per heavy atom. The second-order valence-electron chi connectivity index (χ2n) is 6.42. The van der Waals surface area contributed by atoms with E-state index in [0.29, 0.717) is 6.54 Å². The highest BCUT2D eigenvalue weighted by molar-refractivity contribution is 5.91. The van der Waals surface area contributed by atoms with Gasteiger partial charge in [-0.3, -0.25) is 4.79 Å². The van der Waals surface area contributed by atoms with E-state index in [9.17, 15) is 9.90 Å². The van der Waals surface area contributed by atoms with Gasteiger partial charge < -0.3 is 14.7 Å². The van der Waals surface area contributed by atoms with E-state index >= 15 is 0 Å². The Morgan fingerprint density at radius 2 is 2.18 bits per heavy atom. The predicted molar refractivity (Wildman–Crippen MR) is 85.7 cm³/mol. The Balaban J connectivity index is 1.60. The normalized spacial score (nSPS) is 19.2. The molecule has 0 spiro atoms. The fourth-order valence-electron chi connectivity index (χ4n) is 3.32. The molecule has 0 unspecified atom stereocenters. The van der Waals surface area contributed by atoms with Crippen molar-refractivity contribution in [3.8, 4) is 5.75 Å². The van der Waals surface area contributed by atoms with Gasteiger partial charge in [0.2, 0.25) is 5.91 Å². The number of carbonyl (C=O) groups is 1. The van der Waals surface area contributed by atoms with Crippen molar-refractivity contribution in [2.45, 2.75) is 37.7 Å². The molecular weight excluding hydrogens is 278 g/mol. The average Bonchev–Trinajstić information content (AvgIpc) is 3.12. The van der Waals surface area contributed by atoms with Gasteiger partial charge in [-0.05, 0) is 42.2 Å². The van der Waals surface area contributed by atoms with Gasteiger partial charge in [0.25, 0.3) is 0 Å². The Hall–Kier alpha value is -1.81. The summed E-state index contributed by atoms with van der Waals surface area (Å²) < 4.78 is 5.48. The van der Waals surface area contributed by atoms with E-state index in [2.05, 4.69) is 6.07 Å². The molecule has 0 saturated heterocycles. The molecule has 3 rings (SSSR count). The van der Waals surface area contributed by atoms with Gasteiger partial charge in [0, 0.05) is 26.1 Å². The van der Waals surface area contributed by atoms with Crippen LogP contribution < -0.4 is 4.74 Å². The number of hydrogen-bond acceptors (Lipinski definition) is 3. The number of likely N-dealkylation sites (N-methyl/N-ethyl adjacent to an activating group) is 1. The molecule has 22 heavy (non-hydrogen) atoms. The minimum Gasteiger partial charge on any atom is -0.493 e. The van der Waals surface area contributed by atoms with Gasteiger partial charge in [-0.15, -0.1) is 0 Å². The largest absolute Gasteiger partial charge is 0.493 e. The molecule has 0 aromatic heterocycles. The summed E-state index contributed by atoms with van der Waals surface area (Å²) in [5, 5.41) is 10.4. The second-order valence-corrected chi connectivity index (χ2v) is 6.42. The molecule has 2 aliphatic rings. The minimum atomic E-state index is -0.691. The zero-order valence-electron chi connectivity index (χ0n) is 13.0. The van der Waals surface area contributed by atoms with Gasteiger partial charge in [0.15, 0.2) is 0 Å². The standard InChI is InChI=1S/C18H23NO3/c1-19(13-18(21)9-2-3-10-18)17(20)7-5-14-4-6-16-15(12-14)8-11-22-16/h4-7,12,21H,2-3,8-11,13H2,1H3/b7-5+. The van der Waals surface area contributed by atoms with Crippen LogP contribution in [0.3, 0.4) is 0 Å². The van der Waals surface area contributed by atoms with Crippen molar-refractivity contribution in [1.82, 2.24) is 4.90 Å². The van der Waals surface area contributed by atoms with Crippen molar-refractivity contribution in [3.05, 3.63) is 35.4 Å². The molecule has 0 radical (unpaired) electrons. The van der Waals surface area contributed by atoms with Crippen LogP contribution in [-0.2, 0) is 11.2 Å². The fraction of sp³-hybridized carbons (Fsp3) is 0.500. The quantitative estimate of drug-likeness (QED) is 0.869. The smallest absolute Gasteiger partial charge is 0.246 e. The number of rotatable bonds is 4. The number of hydrogen-bond donors (Lipinski definition) is 1. The van der Waals surface area contributed by atoms with Crippen LogP contribution in [-0.4, -0.2) is 41.7 Å². The van der Waals surface area contributed by atoms with Gasteiger partial charge in [0.05, 0.1) is 12.2 Å². The van der Waals surface area contributed by atoms with Gasteiger partial charge in [-0.2, -0.15) is 0 Å².